The molecule has 1 N–H and O–H groups in total. The second kappa shape index (κ2) is 13.5. The third-order valence-electron chi connectivity index (χ3n) is 5.58. The third kappa shape index (κ3) is 8.11. The molecule has 34 heavy (non-hydrogen) atoms. The molecular formula is C25H34ClN3O4S. The van der Waals surface area contributed by atoms with E-state index >= 15 is 0 Å². The smallest absolute Gasteiger partial charge is 0.242 e. The van der Waals surface area contributed by atoms with Crippen LogP contribution in [-0.4, -0.2) is 55.6 Å². The number of carbonyl (C=O) groups is 2. The van der Waals surface area contributed by atoms with Crippen molar-refractivity contribution in [3.8, 4) is 0 Å². The van der Waals surface area contributed by atoms with Gasteiger partial charge in [-0.05, 0) is 49.6 Å². The summed E-state index contributed by atoms with van der Waals surface area (Å²) in [5.41, 5.74) is 0.856. The molecule has 0 spiro atoms. The third-order valence-corrected chi connectivity index (χ3v) is 7.70. The van der Waals surface area contributed by atoms with Crippen LogP contribution in [0.25, 0.3) is 0 Å². The SMILES string of the molecule is CCCCNC(=O)[C@@H](C)N(Cc1ccc(Cl)cc1)C(=O)CCCN(C)S(=O)(=O)c1ccccc1. The van der Waals surface area contributed by atoms with Crippen LogP contribution in [-0.2, 0) is 26.2 Å². The number of hydrogen-bond donors (Lipinski definition) is 1. The normalized spacial score (nSPS) is 12.4. The molecule has 0 radical (unpaired) electrons. The van der Waals surface area contributed by atoms with Gasteiger partial charge in [-0.25, -0.2) is 12.7 Å². The predicted octanol–water partition coefficient (Wildman–Crippen LogP) is 4.07. The molecule has 0 aromatic heterocycles. The molecule has 2 rings (SSSR count). The first kappa shape index (κ1) is 27.8. The number of amides is 2. The van der Waals surface area contributed by atoms with Gasteiger partial charge in [0.05, 0.1) is 4.90 Å². The maximum atomic E-state index is 13.1. The minimum atomic E-state index is -3.62. The summed E-state index contributed by atoms with van der Waals surface area (Å²) in [7, 11) is -2.12. The number of carbonyl (C=O) groups excluding carboxylic acids is 2. The number of hydrogen-bond acceptors (Lipinski definition) is 4. The highest BCUT2D eigenvalue weighted by molar-refractivity contribution is 7.89. The van der Waals surface area contributed by atoms with E-state index in [1.165, 1.54) is 16.3 Å². The van der Waals surface area contributed by atoms with Crippen LogP contribution in [0.1, 0.15) is 45.1 Å². The Kier molecular flexibility index (Phi) is 11.0. The summed E-state index contributed by atoms with van der Waals surface area (Å²) in [6.07, 6.45) is 2.28. The van der Waals surface area contributed by atoms with E-state index in [-0.39, 0.29) is 36.2 Å². The van der Waals surface area contributed by atoms with Crippen LogP contribution in [0.2, 0.25) is 5.02 Å². The van der Waals surface area contributed by atoms with Crippen molar-refractivity contribution >= 4 is 33.4 Å². The summed E-state index contributed by atoms with van der Waals surface area (Å²) in [4.78, 5) is 27.6. The molecule has 2 aromatic rings. The van der Waals surface area contributed by atoms with Crippen molar-refractivity contribution in [2.75, 3.05) is 20.1 Å². The first-order chi connectivity index (χ1) is 16.2. The molecule has 0 unspecified atom stereocenters. The van der Waals surface area contributed by atoms with Crippen molar-refractivity contribution in [1.82, 2.24) is 14.5 Å². The predicted molar refractivity (Wildman–Crippen MR) is 135 cm³/mol. The van der Waals surface area contributed by atoms with Gasteiger partial charge in [0, 0.05) is 38.1 Å². The Morgan fingerprint density at radius 2 is 1.68 bits per heavy atom. The molecule has 0 saturated carbocycles. The molecule has 0 aliphatic carbocycles. The zero-order chi connectivity index (χ0) is 25.1. The molecule has 0 heterocycles. The molecule has 186 valence electrons. The lowest BCUT2D eigenvalue weighted by Crippen LogP contribution is -2.47. The summed E-state index contributed by atoms with van der Waals surface area (Å²) < 4.78 is 26.7. The molecular weight excluding hydrogens is 474 g/mol. The maximum absolute atomic E-state index is 13.1. The molecule has 7 nitrogen and oxygen atoms in total. The highest BCUT2D eigenvalue weighted by Gasteiger charge is 2.26. The van der Waals surface area contributed by atoms with E-state index in [4.69, 9.17) is 11.6 Å². The second-order valence-electron chi connectivity index (χ2n) is 8.21. The van der Waals surface area contributed by atoms with Crippen LogP contribution in [0, 0.1) is 0 Å². The first-order valence-corrected chi connectivity index (χ1v) is 13.3. The van der Waals surface area contributed by atoms with E-state index in [0.717, 1.165) is 18.4 Å². The van der Waals surface area contributed by atoms with E-state index in [2.05, 4.69) is 5.32 Å². The number of unbranched alkanes of at least 4 members (excludes halogenated alkanes) is 1. The zero-order valence-electron chi connectivity index (χ0n) is 20.0. The lowest BCUT2D eigenvalue weighted by Gasteiger charge is -2.29. The van der Waals surface area contributed by atoms with Gasteiger partial charge in [-0.2, -0.15) is 0 Å². The van der Waals surface area contributed by atoms with Gasteiger partial charge in [0.1, 0.15) is 6.04 Å². The molecule has 2 amide bonds. The largest absolute Gasteiger partial charge is 0.354 e. The van der Waals surface area contributed by atoms with Crippen LogP contribution >= 0.6 is 11.6 Å². The number of nitrogens with zero attached hydrogens (tertiary/aromatic N) is 2. The molecule has 2 aromatic carbocycles. The minimum Gasteiger partial charge on any atom is -0.354 e. The van der Waals surface area contributed by atoms with Crippen LogP contribution in [0.4, 0.5) is 0 Å². The Labute approximate surface area is 208 Å². The number of nitrogens with one attached hydrogen (secondary N) is 1. The van der Waals surface area contributed by atoms with Gasteiger partial charge >= 0.3 is 0 Å². The van der Waals surface area contributed by atoms with Gasteiger partial charge in [0.2, 0.25) is 21.8 Å². The highest BCUT2D eigenvalue weighted by Crippen LogP contribution is 2.17. The van der Waals surface area contributed by atoms with Gasteiger partial charge < -0.3 is 10.2 Å². The van der Waals surface area contributed by atoms with E-state index in [0.29, 0.717) is 18.0 Å². The molecule has 0 fully saturated rings. The summed E-state index contributed by atoms with van der Waals surface area (Å²) in [5, 5.41) is 3.48. The van der Waals surface area contributed by atoms with Gasteiger partial charge in [0.15, 0.2) is 0 Å². The summed E-state index contributed by atoms with van der Waals surface area (Å²) in [6, 6.07) is 14.7. The lowest BCUT2D eigenvalue weighted by molar-refractivity contribution is -0.140. The maximum Gasteiger partial charge on any atom is 0.242 e. The molecule has 0 bridgehead atoms. The van der Waals surface area contributed by atoms with Crippen LogP contribution in [0.5, 0.6) is 0 Å². The average Bonchev–Trinajstić information content (AvgIpc) is 2.83. The van der Waals surface area contributed by atoms with E-state index in [9.17, 15) is 18.0 Å². The van der Waals surface area contributed by atoms with Crippen molar-refractivity contribution in [2.45, 2.75) is 57.0 Å². The first-order valence-electron chi connectivity index (χ1n) is 11.5. The quantitative estimate of drug-likeness (QED) is 0.414. The van der Waals surface area contributed by atoms with Crippen molar-refractivity contribution in [1.29, 1.82) is 0 Å². The van der Waals surface area contributed by atoms with Gasteiger partial charge in [-0.15, -0.1) is 0 Å². The monoisotopic (exact) mass is 507 g/mol. The van der Waals surface area contributed by atoms with Crippen molar-refractivity contribution in [2.24, 2.45) is 0 Å². The fraction of sp³-hybridized carbons (Fsp3) is 0.440. The highest BCUT2D eigenvalue weighted by atomic mass is 35.5. The standard InChI is InChI=1S/C25H34ClN3O4S/c1-4-5-17-27-25(31)20(2)29(19-21-13-15-22(26)16-14-21)24(30)12-9-18-28(3)34(32,33)23-10-7-6-8-11-23/h6-8,10-11,13-16,20H,4-5,9,12,17-19H2,1-3H3,(H,27,31)/t20-/m1/s1. The summed E-state index contributed by atoms with van der Waals surface area (Å²) >= 11 is 5.98. The zero-order valence-corrected chi connectivity index (χ0v) is 21.6. The Morgan fingerprint density at radius 3 is 2.29 bits per heavy atom. The van der Waals surface area contributed by atoms with E-state index < -0.39 is 16.1 Å². The van der Waals surface area contributed by atoms with Crippen LogP contribution in [0.15, 0.2) is 59.5 Å². The fourth-order valence-electron chi connectivity index (χ4n) is 3.39. The van der Waals surface area contributed by atoms with Gasteiger partial charge in [-0.3, -0.25) is 9.59 Å². The number of rotatable bonds is 13. The van der Waals surface area contributed by atoms with Gasteiger partial charge in [-0.1, -0.05) is 55.3 Å². The molecule has 1 atom stereocenters. The van der Waals surface area contributed by atoms with Gasteiger partial charge in [0.25, 0.3) is 0 Å². The molecule has 0 saturated heterocycles. The number of benzene rings is 2. The number of sulfonamides is 1. The molecule has 0 aliphatic heterocycles. The Hall–Kier alpha value is -2.42. The van der Waals surface area contributed by atoms with Crippen molar-refractivity contribution in [3.63, 3.8) is 0 Å². The van der Waals surface area contributed by atoms with Crippen LogP contribution < -0.4 is 5.32 Å². The summed E-state index contributed by atoms with van der Waals surface area (Å²) in [5.74, 6) is -0.418. The van der Waals surface area contributed by atoms with Crippen molar-refractivity contribution in [3.05, 3.63) is 65.2 Å². The number of halogens is 1. The summed E-state index contributed by atoms with van der Waals surface area (Å²) in [6.45, 7) is 4.76. The Balaban J connectivity index is 2.05. The molecule has 0 aliphatic rings. The van der Waals surface area contributed by atoms with Crippen LogP contribution in [0.3, 0.4) is 0 Å². The minimum absolute atomic E-state index is 0.120. The van der Waals surface area contributed by atoms with Crippen molar-refractivity contribution < 1.29 is 18.0 Å². The average molecular weight is 508 g/mol. The lowest BCUT2D eigenvalue weighted by atomic mass is 10.1. The van der Waals surface area contributed by atoms with E-state index in [1.54, 1.807) is 49.4 Å². The second-order valence-corrected chi connectivity index (χ2v) is 10.7. The molecule has 9 heteroatoms. The van der Waals surface area contributed by atoms with E-state index in [1.807, 2.05) is 19.1 Å². The topological polar surface area (TPSA) is 86.8 Å². The Morgan fingerprint density at radius 1 is 1.03 bits per heavy atom. The Bertz CT molecular complexity index is 1030. The fourth-order valence-corrected chi connectivity index (χ4v) is 4.75.